The maximum Gasteiger partial charge on any atom is 0.223 e. The third kappa shape index (κ3) is 2.68. The lowest BCUT2D eigenvalue weighted by atomic mass is 9.84. The molecule has 1 saturated carbocycles. The number of nitrogens with one attached hydrogen (secondary N) is 1. The lowest BCUT2D eigenvalue weighted by molar-refractivity contribution is -0.128. The fourth-order valence-corrected chi connectivity index (χ4v) is 2.39. The number of amides is 1. The topological polar surface area (TPSA) is 29.1 Å². The highest BCUT2D eigenvalue weighted by Gasteiger charge is 2.26. The van der Waals surface area contributed by atoms with Crippen molar-refractivity contribution in [2.45, 2.75) is 46.1 Å². The van der Waals surface area contributed by atoms with E-state index in [1.165, 1.54) is 23.1 Å². The van der Waals surface area contributed by atoms with Gasteiger partial charge in [0.05, 0.1) is 6.04 Å². The van der Waals surface area contributed by atoms with Crippen LogP contribution >= 0.6 is 0 Å². The maximum atomic E-state index is 11.9. The summed E-state index contributed by atoms with van der Waals surface area (Å²) in [6.07, 6.45) is 3.33. The molecule has 92 valence electrons. The van der Waals surface area contributed by atoms with E-state index >= 15 is 0 Å². The minimum absolute atomic E-state index is 0.115. The summed E-state index contributed by atoms with van der Waals surface area (Å²) < 4.78 is 0. The molecular formula is C15H21NO. The minimum Gasteiger partial charge on any atom is -0.349 e. The van der Waals surface area contributed by atoms with Gasteiger partial charge < -0.3 is 5.32 Å². The molecule has 1 atom stereocenters. The molecule has 1 aromatic carbocycles. The van der Waals surface area contributed by atoms with Crippen LogP contribution in [0.1, 0.15) is 48.9 Å². The van der Waals surface area contributed by atoms with Crippen LogP contribution in [0.3, 0.4) is 0 Å². The Balaban J connectivity index is 2.03. The number of carbonyl (C=O) groups excluding carboxylic acids is 1. The minimum atomic E-state index is 0.115. The number of rotatable bonds is 3. The van der Waals surface area contributed by atoms with Crippen molar-refractivity contribution < 1.29 is 4.79 Å². The van der Waals surface area contributed by atoms with Crippen LogP contribution in [-0.2, 0) is 4.79 Å². The Morgan fingerprint density at radius 3 is 2.59 bits per heavy atom. The lowest BCUT2D eigenvalue weighted by Crippen LogP contribution is -2.36. The molecule has 0 bridgehead atoms. The zero-order valence-corrected chi connectivity index (χ0v) is 10.9. The number of hydrogen-bond donors (Lipinski definition) is 1. The molecule has 2 heteroatoms. The van der Waals surface area contributed by atoms with Crippen LogP contribution in [0.15, 0.2) is 18.2 Å². The molecule has 0 spiro atoms. The van der Waals surface area contributed by atoms with Gasteiger partial charge in [-0.2, -0.15) is 0 Å². The molecule has 0 heterocycles. The van der Waals surface area contributed by atoms with Gasteiger partial charge >= 0.3 is 0 Å². The molecule has 1 N–H and O–H groups in total. The van der Waals surface area contributed by atoms with Crippen molar-refractivity contribution in [1.29, 1.82) is 0 Å². The van der Waals surface area contributed by atoms with Gasteiger partial charge in [0.1, 0.15) is 0 Å². The quantitative estimate of drug-likeness (QED) is 0.849. The van der Waals surface area contributed by atoms with E-state index in [-0.39, 0.29) is 17.9 Å². The van der Waals surface area contributed by atoms with Gasteiger partial charge in [0.15, 0.2) is 0 Å². The molecule has 1 fully saturated rings. The van der Waals surface area contributed by atoms with Gasteiger partial charge in [0, 0.05) is 5.92 Å². The van der Waals surface area contributed by atoms with Crippen molar-refractivity contribution in [3.8, 4) is 0 Å². The first kappa shape index (κ1) is 12.2. The standard InChI is InChI=1S/C15H21NO/c1-10-7-8-14(11(2)9-10)12(3)16-15(17)13-5-4-6-13/h7-9,12-13H,4-6H2,1-3H3,(H,16,17). The first-order valence-corrected chi connectivity index (χ1v) is 6.45. The summed E-state index contributed by atoms with van der Waals surface area (Å²) in [5, 5.41) is 3.12. The Kier molecular flexibility index (Phi) is 3.51. The van der Waals surface area contributed by atoms with Gasteiger partial charge in [-0.05, 0) is 44.7 Å². The highest BCUT2D eigenvalue weighted by molar-refractivity contribution is 5.79. The highest BCUT2D eigenvalue weighted by atomic mass is 16.1. The molecule has 2 nitrogen and oxygen atoms in total. The zero-order valence-electron chi connectivity index (χ0n) is 10.9. The second kappa shape index (κ2) is 4.91. The van der Waals surface area contributed by atoms with E-state index in [0.29, 0.717) is 0 Å². The van der Waals surface area contributed by atoms with Crippen LogP contribution in [0, 0.1) is 19.8 Å². The first-order valence-electron chi connectivity index (χ1n) is 6.45. The predicted molar refractivity (Wildman–Crippen MR) is 69.8 cm³/mol. The largest absolute Gasteiger partial charge is 0.349 e. The Morgan fingerprint density at radius 2 is 2.06 bits per heavy atom. The number of carbonyl (C=O) groups is 1. The summed E-state index contributed by atoms with van der Waals surface area (Å²) in [6, 6.07) is 6.51. The monoisotopic (exact) mass is 231 g/mol. The third-order valence-electron chi connectivity index (χ3n) is 3.73. The van der Waals surface area contributed by atoms with E-state index in [1.807, 2.05) is 0 Å². The fraction of sp³-hybridized carbons (Fsp3) is 0.533. The van der Waals surface area contributed by atoms with Crippen molar-refractivity contribution in [2.24, 2.45) is 5.92 Å². The molecule has 0 aromatic heterocycles. The van der Waals surface area contributed by atoms with Crippen molar-refractivity contribution in [1.82, 2.24) is 5.32 Å². The smallest absolute Gasteiger partial charge is 0.223 e. The van der Waals surface area contributed by atoms with Crippen molar-refractivity contribution in [3.05, 3.63) is 34.9 Å². The van der Waals surface area contributed by atoms with Crippen molar-refractivity contribution in [2.75, 3.05) is 0 Å². The molecule has 0 aliphatic heterocycles. The molecule has 1 aliphatic rings. The van der Waals surface area contributed by atoms with Crippen LogP contribution in [0.2, 0.25) is 0 Å². The van der Waals surface area contributed by atoms with Crippen LogP contribution < -0.4 is 5.32 Å². The van der Waals surface area contributed by atoms with E-state index in [1.54, 1.807) is 0 Å². The summed E-state index contributed by atoms with van der Waals surface area (Å²) in [7, 11) is 0. The second-order valence-electron chi connectivity index (χ2n) is 5.22. The molecule has 1 unspecified atom stereocenters. The van der Waals surface area contributed by atoms with Gasteiger partial charge in [0.2, 0.25) is 5.91 Å². The van der Waals surface area contributed by atoms with Crippen molar-refractivity contribution in [3.63, 3.8) is 0 Å². The molecule has 17 heavy (non-hydrogen) atoms. The molecule has 2 rings (SSSR count). The zero-order chi connectivity index (χ0) is 12.4. The van der Waals surface area contributed by atoms with Crippen molar-refractivity contribution >= 4 is 5.91 Å². The Hall–Kier alpha value is -1.31. The molecule has 1 aliphatic carbocycles. The molecule has 0 radical (unpaired) electrons. The van der Waals surface area contributed by atoms with Crippen LogP contribution in [-0.4, -0.2) is 5.91 Å². The second-order valence-corrected chi connectivity index (χ2v) is 5.22. The highest BCUT2D eigenvalue weighted by Crippen LogP contribution is 2.27. The van der Waals surface area contributed by atoms with Gasteiger partial charge in [-0.3, -0.25) is 4.79 Å². The third-order valence-corrected chi connectivity index (χ3v) is 3.73. The molecule has 1 amide bonds. The number of benzene rings is 1. The maximum absolute atomic E-state index is 11.9. The summed E-state index contributed by atoms with van der Waals surface area (Å²) in [6.45, 7) is 6.26. The SMILES string of the molecule is Cc1ccc(C(C)NC(=O)C2CCC2)c(C)c1. The summed E-state index contributed by atoms with van der Waals surface area (Å²) >= 11 is 0. The molecular weight excluding hydrogens is 210 g/mol. The lowest BCUT2D eigenvalue weighted by Gasteiger charge is -2.26. The van der Waals surface area contributed by atoms with E-state index < -0.39 is 0 Å². The van der Waals surface area contributed by atoms with E-state index in [9.17, 15) is 4.79 Å². The average Bonchev–Trinajstić information content (AvgIpc) is 2.13. The summed E-state index contributed by atoms with van der Waals surface area (Å²) in [5.41, 5.74) is 3.75. The molecule has 1 aromatic rings. The van der Waals surface area contributed by atoms with Gasteiger partial charge in [-0.1, -0.05) is 30.2 Å². The Labute approximate surface area is 103 Å². The van der Waals surface area contributed by atoms with Gasteiger partial charge in [-0.25, -0.2) is 0 Å². The fourth-order valence-electron chi connectivity index (χ4n) is 2.39. The number of aryl methyl sites for hydroxylation is 2. The Bertz CT molecular complexity index is 421. The van der Waals surface area contributed by atoms with Crippen LogP contribution in [0.25, 0.3) is 0 Å². The first-order chi connectivity index (χ1) is 8.08. The Morgan fingerprint density at radius 1 is 1.35 bits per heavy atom. The van der Waals surface area contributed by atoms with Gasteiger partial charge in [0.25, 0.3) is 0 Å². The average molecular weight is 231 g/mol. The van der Waals surface area contributed by atoms with Gasteiger partial charge in [-0.15, -0.1) is 0 Å². The van der Waals surface area contributed by atoms with E-state index in [0.717, 1.165) is 12.8 Å². The predicted octanol–water partition coefficient (Wildman–Crippen LogP) is 3.28. The summed E-state index contributed by atoms with van der Waals surface area (Å²) in [4.78, 5) is 11.9. The van der Waals surface area contributed by atoms with Crippen LogP contribution in [0.4, 0.5) is 0 Å². The van der Waals surface area contributed by atoms with Crippen LogP contribution in [0.5, 0.6) is 0 Å². The number of hydrogen-bond acceptors (Lipinski definition) is 1. The normalized spacial score (nSPS) is 17.4. The van der Waals surface area contributed by atoms with E-state index in [4.69, 9.17) is 0 Å². The van der Waals surface area contributed by atoms with E-state index in [2.05, 4.69) is 44.3 Å². The summed E-state index contributed by atoms with van der Waals surface area (Å²) in [5.74, 6) is 0.493. The molecule has 0 saturated heterocycles.